The van der Waals surface area contributed by atoms with Gasteiger partial charge in [-0.25, -0.2) is 4.79 Å². The van der Waals surface area contributed by atoms with Gasteiger partial charge in [0.25, 0.3) is 11.1 Å². The predicted molar refractivity (Wildman–Crippen MR) is 116 cm³/mol. The molecule has 0 radical (unpaired) electrons. The Morgan fingerprint density at radius 3 is 2.71 bits per heavy atom. The second-order valence-corrected chi connectivity index (χ2v) is 8.09. The zero-order valence-electron chi connectivity index (χ0n) is 16.1. The first kappa shape index (κ1) is 22.4. The minimum atomic E-state index is -1.13. The predicted octanol–water partition coefficient (Wildman–Crippen LogP) is 4.03. The summed E-state index contributed by atoms with van der Waals surface area (Å²) in [4.78, 5) is 37.3. The van der Waals surface area contributed by atoms with E-state index in [0.717, 1.165) is 16.7 Å². The molecule has 0 aliphatic carbocycles. The van der Waals surface area contributed by atoms with Crippen LogP contribution in [0.5, 0.6) is 11.5 Å². The van der Waals surface area contributed by atoms with E-state index in [1.807, 2.05) is 0 Å². The Morgan fingerprint density at radius 1 is 1.29 bits per heavy atom. The van der Waals surface area contributed by atoms with E-state index in [0.29, 0.717) is 21.2 Å². The molecule has 0 saturated carbocycles. The number of carbonyl (C=O) groups is 3. The number of nitrogens with zero attached hydrogens (tertiary/aromatic N) is 2. The van der Waals surface area contributed by atoms with Gasteiger partial charge in [0, 0.05) is 4.47 Å². The Morgan fingerprint density at radius 2 is 2.03 bits per heavy atom. The van der Waals surface area contributed by atoms with E-state index in [-0.39, 0.29) is 22.9 Å². The number of hydrogen-bond acceptors (Lipinski definition) is 7. The van der Waals surface area contributed by atoms with Crippen molar-refractivity contribution in [2.24, 2.45) is 0 Å². The fourth-order valence-corrected chi connectivity index (χ4v) is 4.05. The molecule has 10 heteroatoms. The highest BCUT2D eigenvalue weighted by atomic mass is 79.9. The van der Waals surface area contributed by atoms with Crippen molar-refractivity contribution in [3.05, 3.63) is 62.5 Å². The Hall–Kier alpha value is -3.29. The molecule has 8 nitrogen and oxygen atoms in total. The molecule has 0 spiro atoms. The van der Waals surface area contributed by atoms with Crippen LogP contribution in [0.15, 0.2) is 45.8 Å². The number of imide groups is 1. The molecule has 1 fully saturated rings. The highest BCUT2D eigenvalue weighted by Gasteiger charge is 2.35. The van der Waals surface area contributed by atoms with Gasteiger partial charge >= 0.3 is 5.97 Å². The lowest BCUT2D eigenvalue weighted by Gasteiger charge is -2.13. The van der Waals surface area contributed by atoms with Gasteiger partial charge in [-0.15, -0.1) is 0 Å². The molecule has 2 amide bonds. The quantitative estimate of drug-likeness (QED) is 0.563. The molecular formula is C21H15BrN2O6S. The number of benzene rings is 2. The maximum atomic E-state index is 12.8. The Labute approximate surface area is 190 Å². The van der Waals surface area contributed by atoms with E-state index < -0.39 is 23.7 Å². The normalized spacial score (nSPS) is 14.6. The third-order valence-electron chi connectivity index (χ3n) is 4.26. The molecule has 0 unspecified atom stereocenters. The summed E-state index contributed by atoms with van der Waals surface area (Å²) in [6.07, 6.45) is 1.54. The zero-order chi connectivity index (χ0) is 22.5. The highest BCUT2D eigenvalue weighted by Crippen LogP contribution is 2.38. The van der Waals surface area contributed by atoms with Crippen molar-refractivity contribution in [1.29, 1.82) is 5.26 Å². The zero-order valence-corrected chi connectivity index (χ0v) is 18.5. The number of carboxylic acids is 1. The Balaban J connectivity index is 1.87. The molecule has 0 bridgehead atoms. The minimum Gasteiger partial charge on any atom is -0.493 e. The van der Waals surface area contributed by atoms with E-state index in [4.69, 9.17) is 14.6 Å². The topological polar surface area (TPSA) is 117 Å². The first-order valence-electron chi connectivity index (χ1n) is 8.79. The summed E-state index contributed by atoms with van der Waals surface area (Å²) in [6, 6.07) is 11.9. The summed E-state index contributed by atoms with van der Waals surface area (Å²) < 4.78 is 11.0. The van der Waals surface area contributed by atoms with Gasteiger partial charge in [-0.05, 0) is 47.2 Å². The van der Waals surface area contributed by atoms with Crippen LogP contribution in [0.4, 0.5) is 4.79 Å². The third-order valence-corrected chi connectivity index (χ3v) is 5.85. The summed E-state index contributed by atoms with van der Waals surface area (Å²) in [6.45, 7) is -0.538. The average Bonchev–Trinajstić information content (AvgIpc) is 3.01. The maximum Gasteiger partial charge on any atom is 0.341 e. The number of thioether (sulfide) groups is 1. The monoisotopic (exact) mass is 502 g/mol. The number of carbonyl (C=O) groups excluding carboxylic acids is 2. The molecule has 158 valence electrons. The van der Waals surface area contributed by atoms with Crippen molar-refractivity contribution in [1.82, 2.24) is 4.90 Å². The standard InChI is InChI=1S/C21H15BrN2O6S/c1-29-16-6-14(15(22)8-17(16)30-11-19(25)26)7-18-20(27)24(21(28)31-18)10-13-5-3-2-4-12(13)9-23/h2-8H,10-11H2,1H3,(H,25,26)/b18-7+. The molecule has 1 heterocycles. The second kappa shape index (κ2) is 9.68. The van der Waals surface area contributed by atoms with Crippen LogP contribution < -0.4 is 9.47 Å². The van der Waals surface area contributed by atoms with Gasteiger partial charge in [0.15, 0.2) is 18.1 Å². The molecular weight excluding hydrogens is 488 g/mol. The number of halogens is 1. The number of rotatable bonds is 7. The van der Waals surface area contributed by atoms with Crippen LogP contribution in [-0.2, 0) is 16.1 Å². The van der Waals surface area contributed by atoms with Crippen LogP contribution in [-0.4, -0.2) is 40.8 Å². The summed E-state index contributed by atoms with van der Waals surface area (Å²) >= 11 is 4.16. The van der Waals surface area contributed by atoms with Crippen LogP contribution in [0.1, 0.15) is 16.7 Å². The maximum absolute atomic E-state index is 12.8. The van der Waals surface area contributed by atoms with Crippen molar-refractivity contribution < 1.29 is 29.0 Å². The Bertz CT molecular complexity index is 1140. The van der Waals surface area contributed by atoms with Crippen molar-refractivity contribution in [2.75, 3.05) is 13.7 Å². The summed E-state index contributed by atoms with van der Waals surface area (Å²) in [5, 5.41) is 17.6. The third kappa shape index (κ3) is 5.07. The van der Waals surface area contributed by atoms with Crippen LogP contribution in [0.3, 0.4) is 0 Å². The fourth-order valence-electron chi connectivity index (χ4n) is 2.79. The van der Waals surface area contributed by atoms with Gasteiger partial charge in [0.05, 0.1) is 30.2 Å². The van der Waals surface area contributed by atoms with Crippen molar-refractivity contribution in [3.63, 3.8) is 0 Å². The van der Waals surface area contributed by atoms with E-state index >= 15 is 0 Å². The van der Waals surface area contributed by atoms with E-state index in [9.17, 15) is 19.6 Å². The first-order valence-corrected chi connectivity index (χ1v) is 10.4. The summed E-state index contributed by atoms with van der Waals surface area (Å²) in [5.74, 6) is -1.11. The molecule has 0 aromatic heterocycles. The lowest BCUT2D eigenvalue weighted by Crippen LogP contribution is -2.27. The number of amides is 2. The number of ether oxygens (including phenoxy) is 2. The SMILES string of the molecule is COc1cc(/C=C2/SC(=O)N(Cc3ccccc3C#N)C2=O)c(Br)cc1OCC(=O)O. The van der Waals surface area contributed by atoms with Gasteiger partial charge in [-0.3, -0.25) is 14.5 Å². The second-order valence-electron chi connectivity index (χ2n) is 6.24. The van der Waals surface area contributed by atoms with Crippen molar-refractivity contribution >= 4 is 50.9 Å². The lowest BCUT2D eigenvalue weighted by molar-refractivity contribution is -0.139. The van der Waals surface area contributed by atoms with Crippen LogP contribution in [0.25, 0.3) is 6.08 Å². The summed E-state index contributed by atoms with van der Waals surface area (Å²) in [7, 11) is 1.40. The average molecular weight is 503 g/mol. The highest BCUT2D eigenvalue weighted by molar-refractivity contribution is 9.10. The number of hydrogen-bond donors (Lipinski definition) is 1. The smallest absolute Gasteiger partial charge is 0.341 e. The van der Waals surface area contributed by atoms with Gasteiger partial charge in [0.2, 0.25) is 0 Å². The largest absolute Gasteiger partial charge is 0.493 e. The fraction of sp³-hybridized carbons (Fsp3) is 0.143. The van der Waals surface area contributed by atoms with Gasteiger partial charge in [-0.1, -0.05) is 34.1 Å². The minimum absolute atomic E-state index is 0.00179. The number of aliphatic carboxylic acids is 1. The van der Waals surface area contributed by atoms with E-state index in [1.54, 1.807) is 30.3 Å². The molecule has 31 heavy (non-hydrogen) atoms. The van der Waals surface area contributed by atoms with Gasteiger partial charge < -0.3 is 14.6 Å². The van der Waals surface area contributed by atoms with Crippen LogP contribution >= 0.6 is 27.7 Å². The Kier molecular flexibility index (Phi) is 6.99. The van der Waals surface area contributed by atoms with E-state index in [1.165, 1.54) is 19.3 Å². The molecule has 1 aliphatic rings. The number of carboxylic acid groups (broad SMARTS) is 1. The van der Waals surface area contributed by atoms with Gasteiger partial charge in [0.1, 0.15) is 0 Å². The van der Waals surface area contributed by atoms with Crippen LogP contribution in [0, 0.1) is 11.3 Å². The van der Waals surface area contributed by atoms with Crippen molar-refractivity contribution in [3.8, 4) is 17.6 Å². The molecule has 3 rings (SSSR count). The lowest BCUT2D eigenvalue weighted by atomic mass is 10.1. The number of nitriles is 1. The molecule has 2 aromatic carbocycles. The van der Waals surface area contributed by atoms with Crippen molar-refractivity contribution in [2.45, 2.75) is 6.54 Å². The molecule has 0 atom stereocenters. The van der Waals surface area contributed by atoms with Crippen LogP contribution in [0.2, 0.25) is 0 Å². The first-order chi connectivity index (χ1) is 14.8. The number of methoxy groups -OCH3 is 1. The molecule has 1 N–H and O–H groups in total. The molecule has 1 saturated heterocycles. The van der Waals surface area contributed by atoms with Gasteiger partial charge in [-0.2, -0.15) is 5.26 Å². The molecule has 1 aliphatic heterocycles. The summed E-state index contributed by atoms with van der Waals surface area (Å²) in [5.41, 5.74) is 1.52. The molecule has 2 aromatic rings. The van der Waals surface area contributed by atoms with E-state index in [2.05, 4.69) is 22.0 Å².